The zero-order chi connectivity index (χ0) is 18.5. The molecule has 134 valence electrons. The summed E-state index contributed by atoms with van der Waals surface area (Å²) < 4.78 is 19.2. The summed E-state index contributed by atoms with van der Waals surface area (Å²) in [4.78, 5) is 13.3. The van der Waals surface area contributed by atoms with Gasteiger partial charge in [-0.2, -0.15) is 0 Å². The van der Waals surface area contributed by atoms with Crippen molar-refractivity contribution in [3.05, 3.63) is 86.3 Å². The van der Waals surface area contributed by atoms with E-state index in [4.69, 9.17) is 4.74 Å². The fraction of sp³-hybridized carbons (Fsp3) is 0.150. The molecule has 1 aromatic heterocycles. The normalized spacial score (nSPS) is 11.8. The van der Waals surface area contributed by atoms with E-state index >= 15 is 0 Å². The van der Waals surface area contributed by atoms with E-state index in [1.165, 1.54) is 23.5 Å². The standard InChI is InChI=1S/C20H17BrFNO2S/c1-25-16-8-4-14(5-9-16)18(12-13-2-6-15(22)7-3-13)23-20(24)19-17(21)10-11-26-19/h2-11,18H,12H2,1H3,(H,23,24). The largest absolute Gasteiger partial charge is 0.497 e. The van der Waals surface area contributed by atoms with E-state index in [2.05, 4.69) is 21.2 Å². The van der Waals surface area contributed by atoms with Crippen LogP contribution in [0.15, 0.2) is 64.5 Å². The predicted molar refractivity (Wildman–Crippen MR) is 105 cm³/mol. The minimum atomic E-state index is -0.277. The number of benzene rings is 2. The van der Waals surface area contributed by atoms with Gasteiger partial charge in [0, 0.05) is 4.47 Å². The van der Waals surface area contributed by atoms with Crippen molar-refractivity contribution in [2.24, 2.45) is 0 Å². The Labute approximate surface area is 164 Å². The van der Waals surface area contributed by atoms with Crippen molar-refractivity contribution in [3.8, 4) is 5.75 Å². The maximum Gasteiger partial charge on any atom is 0.263 e. The van der Waals surface area contributed by atoms with Gasteiger partial charge in [-0.25, -0.2) is 4.39 Å². The first-order valence-electron chi connectivity index (χ1n) is 7.99. The molecule has 1 amide bonds. The molecule has 0 fully saturated rings. The van der Waals surface area contributed by atoms with Gasteiger partial charge < -0.3 is 10.1 Å². The van der Waals surface area contributed by atoms with Crippen LogP contribution in [-0.2, 0) is 6.42 Å². The van der Waals surface area contributed by atoms with Gasteiger partial charge in [-0.1, -0.05) is 24.3 Å². The second kappa shape index (κ2) is 8.47. The van der Waals surface area contributed by atoms with E-state index in [-0.39, 0.29) is 17.8 Å². The van der Waals surface area contributed by atoms with Crippen molar-refractivity contribution in [2.75, 3.05) is 7.11 Å². The number of amides is 1. The van der Waals surface area contributed by atoms with Gasteiger partial charge >= 0.3 is 0 Å². The molecule has 1 atom stereocenters. The molecule has 0 radical (unpaired) electrons. The SMILES string of the molecule is COc1ccc(C(Cc2ccc(F)cc2)NC(=O)c2sccc2Br)cc1. The van der Waals surface area contributed by atoms with Crippen LogP contribution in [0.3, 0.4) is 0 Å². The van der Waals surface area contributed by atoms with E-state index in [0.717, 1.165) is 21.3 Å². The van der Waals surface area contributed by atoms with Crippen LogP contribution >= 0.6 is 27.3 Å². The first-order chi connectivity index (χ1) is 12.6. The minimum Gasteiger partial charge on any atom is -0.497 e. The average Bonchev–Trinajstić information content (AvgIpc) is 3.09. The number of hydrogen-bond acceptors (Lipinski definition) is 3. The van der Waals surface area contributed by atoms with Gasteiger partial charge in [-0.15, -0.1) is 11.3 Å². The quantitative estimate of drug-likeness (QED) is 0.567. The summed E-state index contributed by atoms with van der Waals surface area (Å²) in [6.45, 7) is 0. The summed E-state index contributed by atoms with van der Waals surface area (Å²) >= 11 is 4.78. The Balaban J connectivity index is 1.85. The van der Waals surface area contributed by atoms with E-state index in [9.17, 15) is 9.18 Å². The lowest BCUT2D eigenvalue weighted by Crippen LogP contribution is -2.29. The van der Waals surface area contributed by atoms with Gasteiger partial charge in [0.15, 0.2) is 0 Å². The topological polar surface area (TPSA) is 38.3 Å². The molecule has 0 spiro atoms. The van der Waals surface area contributed by atoms with Gasteiger partial charge in [0.25, 0.3) is 5.91 Å². The van der Waals surface area contributed by atoms with Gasteiger partial charge in [0.2, 0.25) is 0 Å². The molecule has 6 heteroatoms. The van der Waals surface area contributed by atoms with Gasteiger partial charge in [-0.3, -0.25) is 4.79 Å². The summed E-state index contributed by atoms with van der Waals surface area (Å²) in [5, 5.41) is 4.95. The monoisotopic (exact) mass is 433 g/mol. The maximum atomic E-state index is 13.2. The number of thiophene rings is 1. The summed E-state index contributed by atoms with van der Waals surface area (Å²) in [5.74, 6) is 0.331. The van der Waals surface area contributed by atoms with Crippen LogP contribution in [-0.4, -0.2) is 13.0 Å². The zero-order valence-corrected chi connectivity index (χ0v) is 16.4. The molecule has 3 rings (SSSR count). The van der Waals surface area contributed by atoms with Crippen LogP contribution in [0.2, 0.25) is 0 Å². The highest BCUT2D eigenvalue weighted by Crippen LogP contribution is 2.26. The molecule has 1 unspecified atom stereocenters. The number of halogens is 2. The van der Waals surface area contributed by atoms with Crippen molar-refractivity contribution >= 4 is 33.2 Å². The molecule has 3 nitrogen and oxygen atoms in total. The Morgan fingerprint density at radius 3 is 2.42 bits per heavy atom. The Hall–Kier alpha value is -2.18. The number of rotatable bonds is 6. The summed E-state index contributed by atoms with van der Waals surface area (Å²) in [6, 6.07) is 15.5. The van der Waals surface area contributed by atoms with Crippen LogP contribution in [0.1, 0.15) is 26.8 Å². The Morgan fingerprint density at radius 1 is 1.15 bits per heavy atom. The van der Waals surface area contributed by atoms with Crippen molar-refractivity contribution in [1.29, 1.82) is 0 Å². The van der Waals surface area contributed by atoms with Crippen molar-refractivity contribution in [1.82, 2.24) is 5.32 Å². The molecule has 1 heterocycles. The Bertz CT molecular complexity index is 878. The second-order valence-electron chi connectivity index (χ2n) is 5.73. The summed E-state index contributed by atoms with van der Waals surface area (Å²) in [6.07, 6.45) is 0.557. The molecule has 1 N–H and O–H groups in total. The lowest BCUT2D eigenvalue weighted by molar-refractivity contribution is 0.0940. The second-order valence-corrected chi connectivity index (χ2v) is 7.50. The first-order valence-corrected chi connectivity index (χ1v) is 9.66. The molecule has 0 aliphatic carbocycles. The maximum absolute atomic E-state index is 13.2. The smallest absolute Gasteiger partial charge is 0.263 e. The molecule has 2 aromatic carbocycles. The molecule has 0 aliphatic heterocycles. The van der Waals surface area contributed by atoms with Crippen LogP contribution < -0.4 is 10.1 Å². The van der Waals surface area contributed by atoms with E-state index in [0.29, 0.717) is 11.3 Å². The zero-order valence-electron chi connectivity index (χ0n) is 14.0. The van der Waals surface area contributed by atoms with Crippen LogP contribution in [0.25, 0.3) is 0 Å². The molecular formula is C20H17BrFNO2S. The van der Waals surface area contributed by atoms with Gasteiger partial charge in [-0.05, 0) is 69.2 Å². The Kier molecular flexibility index (Phi) is 6.06. The molecule has 0 bridgehead atoms. The van der Waals surface area contributed by atoms with E-state index in [1.54, 1.807) is 19.2 Å². The molecule has 0 saturated carbocycles. The molecular weight excluding hydrogens is 417 g/mol. The number of carbonyl (C=O) groups is 1. The number of methoxy groups -OCH3 is 1. The highest BCUT2D eigenvalue weighted by molar-refractivity contribution is 9.10. The first kappa shape index (κ1) is 18.6. The fourth-order valence-electron chi connectivity index (χ4n) is 2.62. The Morgan fingerprint density at radius 2 is 1.85 bits per heavy atom. The summed E-state index contributed by atoms with van der Waals surface area (Å²) in [5.41, 5.74) is 1.90. The fourth-order valence-corrected chi connectivity index (χ4v) is 4.08. The van der Waals surface area contributed by atoms with Crippen LogP contribution in [0.5, 0.6) is 5.75 Å². The van der Waals surface area contributed by atoms with E-state index < -0.39 is 0 Å². The van der Waals surface area contributed by atoms with Crippen LogP contribution in [0, 0.1) is 5.82 Å². The van der Waals surface area contributed by atoms with Crippen LogP contribution in [0.4, 0.5) is 4.39 Å². The van der Waals surface area contributed by atoms with Crippen molar-refractivity contribution in [3.63, 3.8) is 0 Å². The third kappa shape index (κ3) is 4.51. The van der Waals surface area contributed by atoms with Crippen molar-refractivity contribution < 1.29 is 13.9 Å². The summed E-state index contributed by atoms with van der Waals surface area (Å²) in [7, 11) is 1.61. The molecule has 0 saturated heterocycles. The molecule has 0 aliphatic rings. The van der Waals surface area contributed by atoms with Crippen molar-refractivity contribution in [2.45, 2.75) is 12.5 Å². The number of ether oxygens (including phenoxy) is 1. The van der Waals surface area contributed by atoms with Gasteiger partial charge in [0.1, 0.15) is 16.4 Å². The third-order valence-corrected chi connectivity index (χ3v) is 5.84. The lowest BCUT2D eigenvalue weighted by atomic mass is 9.98. The molecule has 3 aromatic rings. The highest BCUT2D eigenvalue weighted by Gasteiger charge is 2.19. The average molecular weight is 434 g/mol. The minimum absolute atomic E-state index is 0.144. The van der Waals surface area contributed by atoms with E-state index in [1.807, 2.05) is 35.7 Å². The number of carbonyl (C=O) groups excluding carboxylic acids is 1. The number of nitrogens with one attached hydrogen (secondary N) is 1. The van der Waals surface area contributed by atoms with Gasteiger partial charge in [0.05, 0.1) is 13.2 Å². The predicted octanol–water partition coefficient (Wildman–Crippen LogP) is 5.37. The molecule has 26 heavy (non-hydrogen) atoms. The third-order valence-electron chi connectivity index (χ3n) is 4.00. The number of hydrogen-bond donors (Lipinski definition) is 1. The lowest BCUT2D eigenvalue weighted by Gasteiger charge is -2.20. The highest BCUT2D eigenvalue weighted by atomic mass is 79.9.